The van der Waals surface area contributed by atoms with Crippen molar-refractivity contribution in [3.05, 3.63) is 24.7 Å². The van der Waals surface area contributed by atoms with Crippen molar-refractivity contribution in [3.63, 3.8) is 0 Å². The molecule has 0 radical (unpaired) electrons. The minimum absolute atomic E-state index is 0.0747. The number of rotatable bonds is 2. The van der Waals surface area contributed by atoms with Gasteiger partial charge in [0.1, 0.15) is 17.4 Å². The highest BCUT2D eigenvalue weighted by Crippen LogP contribution is 2.40. The summed E-state index contributed by atoms with van der Waals surface area (Å²) in [6, 6.07) is 2.10. The number of H-pyrrole nitrogens is 2. The van der Waals surface area contributed by atoms with E-state index in [0.717, 1.165) is 52.5 Å². The van der Waals surface area contributed by atoms with Crippen LogP contribution in [0.25, 0.3) is 32.7 Å². The van der Waals surface area contributed by atoms with E-state index in [1.54, 1.807) is 7.11 Å². The molecule has 0 spiro atoms. The SMILES string of the molecule is COc1c2cnc3[nH]ccc(c4cn(C5CCCCO5)[nH]c14)c32. The van der Waals surface area contributed by atoms with E-state index in [9.17, 15) is 0 Å². The summed E-state index contributed by atoms with van der Waals surface area (Å²) in [5, 5.41) is 7.92. The second kappa shape index (κ2) is 4.76. The Morgan fingerprint density at radius 1 is 1.30 bits per heavy atom. The summed E-state index contributed by atoms with van der Waals surface area (Å²) in [6.07, 6.45) is 9.38. The van der Waals surface area contributed by atoms with Crippen LogP contribution in [0.3, 0.4) is 0 Å². The minimum Gasteiger partial charge on any atom is -0.494 e. The number of pyridine rings is 1. The van der Waals surface area contributed by atoms with Crippen LogP contribution in [0.15, 0.2) is 24.7 Å². The van der Waals surface area contributed by atoms with Crippen molar-refractivity contribution >= 4 is 32.7 Å². The Bertz CT molecular complexity index is 1000. The van der Waals surface area contributed by atoms with Crippen molar-refractivity contribution in [2.24, 2.45) is 0 Å². The molecule has 2 N–H and O–H groups in total. The molecule has 4 aromatic rings. The maximum Gasteiger partial charge on any atom is 0.153 e. The minimum atomic E-state index is 0.0747. The first kappa shape index (κ1) is 13.0. The molecule has 0 amide bonds. The predicted octanol–water partition coefficient (Wildman–Crippen LogP) is 3.71. The lowest BCUT2D eigenvalue weighted by molar-refractivity contribution is -0.0390. The Hall–Kier alpha value is -2.47. The molecular formula is C17H18N4O2. The smallest absolute Gasteiger partial charge is 0.153 e. The third kappa shape index (κ3) is 1.75. The van der Waals surface area contributed by atoms with Crippen molar-refractivity contribution in [2.75, 3.05) is 13.7 Å². The van der Waals surface area contributed by atoms with E-state index in [1.165, 1.54) is 11.8 Å². The van der Waals surface area contributed by atoms with Gasteiger partial charge in [0.15, 0.2) is 5.75 Å². The van der Waals surface area contributed by atoms with Crippen LogP contribution in [0.4, 0.5) is 0 Å². The summed E-state index contributed by atoms with van der Waals surface area (Å²) >= 11 is 0. The van der Waals surface area contributed by atoms with E-state index in [1.807, 2.05) is 12.4 Å². The van der Waals surface area contributed by atoms with Crippen LogP contribution in [0, 0.1) is 0 Å². The molecule has 6 heteroatoms. The van der Waals surface area contributed by atoms with E-state index in [4.69, 9.17) is 9.47 Å². The van der Waals surface area contributed by atoms with Crippen LogP contribution in [-0.2, 0) is 4.74 Å². The van der Waals surface area contributed by atoms with Gasteiger partial charge in [0, 0.05) is 41.4 Å². The molecule has 1 saturated heterocycles. The fourth-order valence-electron chi connectivity index (χ4n) is 3.70. The van der Waals surface area contributed by atoms with Gasteiger partial charge in [0.05, 0.1) is 7.11 Å². The first-order chi connectivity index (χ1) is 11.4. The molecule has 1 unspecified atom stereocenters. The van der Waals surface area contributed by atoms with Crippen molar-refractivity contribution in [1.82, 2.24) is 19.7 Å². The number of ether oxygens (including phenoxy) is 2. The zero-order valence-corrected chi connectivity index (χ0v) is 12.9. The molecule has 0 saturated carbocycles. The largest absolute Gasteiger partial charge is 0.494 e. The maximum atomic E-state index is 5.91. The standard InChI is InChI=1S/C17H18N4O2/c1-22-16-11-8-19-17-14(11)10(5-6-18-17)12-9-21(20-15(12)16)13-4-2-3-7-23-13/h5-6,8-9,13,20H,2-4,7H2,1H3,(H,18,19). The number of benzene rings is 1. The Morgan fingerprint density at radius 2 is 2.26 bits per heavy atom. The van der Waals surface area contributed by atoms with Crippen molar-refractivity contribution in [1.29, 1.82) is 0 Å². The number of aromatic amines is 2. The van der Waals surface area contributed by atoms with Gasteiger partial charge in [-0.1, -0.05) is 0 Å². The third-order valence-electron chi connectivity index (χ3n) is 4.78. The number of methoxy groups -OCH3 is 1. The average Bonchev–Trinajstić information content (AvgIpc) is 3.22. The highest BCUT2D eigenvalue weighted by atomic mass is 16.5. The molecule has 6 nitrogen and oxygen atoms in total. The molecule has 5 rings (SSSR count). The molecule has 1 aliphatic heterocycles. The van der Waals surface area contributed by atoms with E-state index >= 15 is 0 Å². The molecule has 23 heavy (non-hydrogen) atoms. The lowest BCUT2D eigenvalue weighted by atomic mass is 10.1. The van der Waals surface area contributed by atoms with Gasteiger partial charge in [0.25, 0.3) is 0 Å². The molecule has 3 aromatic heterocycles. The number of nitrogens with one attached hydrogen (secondary N) is 2. The van der Waals surface area contributed by atoms with Gasteiger partial charge in [-0.2, -0.15) is 0 Å². The normalized spacial score (nSPS) is 19.1. The Kier molecular flexibility index (Phi) is 2.69. The van der Waals surface area contributed by atoms with Gasteiger partial charge in [-0.3, -0.25) is 9.78 Å². The van der Waals surface area contributed by atoms with Crippen LogP contribution >= 0.6 is 0 Å². The molecular weight excluding hydrogens is 292 g/mol. The molecule has 1 fully saturated rings. The highest BCUT2D eigenvalue weighted by Gasteiger charge is 2.21. The second-order valence-electron chi connectivity index (χ2n) is 6.08. The summed E-state index contributed by atoms with van der Waals surface area (Å²) in [4.78, 5) is 7.67. The van der Waals surface area contributed by atoms with Crippen molar-refractivity contribution in [2.45, 2.75) is 25.5 Å². The fraction of sp³-hybridized carbons (Fsp3) is 0.353. The van der Waals surface area contributed by atoms with E-state index in [2.05, 4.69) is 32.0 Å². The van der Waals surface area contributed by atoms with Crippen LogP contribution in [0.5, 0.6) is 5.75 Å². The van der Waals surface area contributed by atoms with Crippen LogP contribution < -0.4 is 4.74 Å². The number of fused-ring (bicyclic) bond motifs is 2. The van der Waals surface area contributed by atoms with Gasteiger partial charge < -0.3 is 14.5 Å². The second-order valence-corrected chi connectivity index (χ2v) is 6.08. The van der Waals surface area contributed by atoms with Crippen molar-refractivity contribution < 1.29 is 9.47 Å². The lowest BCUT2D eigenvalue weighted by Crippen LogP contribution is -2.18. The molecule has 0 bridgehead atoms. The van der Waals surface area contributed by atoms with Crippen molar-refractivity contribution in [3.8, 4) is 5.75 Å². The molecule has 1 aromatic carbocycles. The Labute approximate surface area is 132 Å². The predicted molar refractivity (Wildman–Crippen MR) is 88.8 cm³/mol. The Balaban J connectivity index is 1.84. The summed E-state index contributed by atoms with van der Waals surface area (Å²) < 4.78 is 13.7. The van der Waals surface area contributed by atoms with Crippen LogP contribution in [0.2, 0.25) is 0 Å². The maximum absolute atomic E-state index is 5.91. The summed E-state index contributed by atoms with van der Waals surface area (Å²) in [7, 11) is 1.71. The van der Waals surface area contributed by atoms with Gasteiger partial charge in [-0.25, -0.2) is 4.98 Å². The fourth-order valence-corrected chi connectivity index (χ4v) is 3.70. The van der Waals surface area contributed by atoms with Crippen LogP contribution in [0.1, 0.15) is 25.5 Å². The first-order valence-electron chi connectivity index (χ1n) is 8.00. The average molecular weight is 310 g/mol. The monoisotopic (exact) mass is 310 g/mol. The zero-order valence-electron chi connectivity index (χ0n) is 12.9. The molecule has 1 aliphatic rings. The topological polar surface area (TPSA) is 67.9 Å². The van der Waals surface area contributed by atoms with Gasteiger partial charge in [-0.15, -0.1) is 0 Å². The van der Waals surface area contributed by atoms with E-state index < -0.39 is 0 Å². The van der Waals surface area contributed by atoms with Crippen LogP contribution in [-0.4, -0.2) is 33.5 Å². The molecule has 1 atom stereocenters. The summed E-state index contributed by atoms with van der Waals surface area (Å²) in [6.45, 7) is 0.821. The number of hydrogen-bond donors (Lipinski definition) is 2. The number of nitrogens with zero attached hydrogens (tertiary/aromatic N) is 2. The number of hydrogen-bond acceptors (Lipinski definition) is 3. The molecule has 4 heterocycles. The molecule has 118 valence electrons. The van der Waals surface area contributed by atoms with Gasteiger partial charge in [0.2, 0.25) is 0 Å². The van der Waals surface area contributed by atoms with Gasteiger partial charge >= 0.3 is 0 Å². The summed E-state index contributed by atoms with van der Waals surface area (Å²) in [5.74, 6) is 0.837. The van der Waals surface area contributed by atoms with E-state index in [0.29, 0.717) is 0 Å². The van der Waals surface area contributed by atoms with Gasteiger partial charge in [-0.05, 0) is 30.7 Å². The first-order valence-corrected chi connectivity index (χ1v) is 8.00. The zero-order chi connectivity index (χ0) is 15.4. The lowest BCUT2D eigenvalue weighted by Gasteiger charge is -2.23. The summed E-state index contributed by atoms with van der Waals surface area (Å²) in [5.41, 5.74) is 1.88. The quantitative estimate of drug-likeness (QED) is 0.593. The molecule has 0 aliphatic carbocycles. The Morgan fingerprint density at radius 3 is 3.09 bits per heavy atom. The third-order valence-corrected chi connectivity index (χ3v) is 4.78. The van der Waals surface area contributed by atoms with E-state index in [-0.39, 0.29) is 6.23 Å². The number of aromatic nitrogens is 4. The highest BCUT2D eigenvalue weighted by molar-refractivity contribution is 6.22.